The average molecular weight is 1080 g/mol. The van der Waals surface area contributed by atoms with Crippen molar-refractivity contribution in [3.63, 3.8) is 0 Å². The molecule has 13 atom stereocenters. The lowest BCUT2D eigenvalue weighted by Crippen LogP contribution is -2.63. The Morgan fingerprint density at radius 3 is 1.67 bits per heavy atom. The molecule has 1 aromatic carbocycles. The zero-order valence-corrected chi connectivity index (χ0v) is 45.9. The van der Waals surface area contributed by atoms with Gasteiger partial charge in [-0.2, -0.15) is 0 Å². The molecule has 0 spiro atoms. The number of benzene rings is 1. The largest absolute Gasteiger partial charge is 0.448 e. The molecule has 1 fully saturated rings. The molecule has 76 heavy (non-hydrogen) atoms. The van der Waals surface area contributed by atoms with Gasteiger partial charge in [0.2, 0.25) is 53.4 Å². The van der Waals surface area contributed by atoms with Crippen LogP contribution in [0.1, 0.15) is 87.6 Å². The van der Waals surface area contributed by atoms with Crippen LogP contribution in [-0.2, 0) is 59.1 Å². The van der Waals surface area contributed by atoms with E-state index < -0.39 is 169 Å². The van der Waals surface area contributed by atoms with Crippen molar-refractivity contribution < 1.29 is 78.2 Å². The van der Waals surface area contributed by atoms with Crippen molar-refractivity contribution in [1.29, 1.82) is 0 Å². The summed E-state index contributed by atoms with van der Waals surface area (Å²) in [4.78, 5) is 143. The van der Waals surface area contributed by atoms with Gasteiger partial charge in [-0.1, -0.05) is 92.1 Å². The first-order chi connectivity index (χ1) is 35.4. The van der Waals surface area contributed by atoms with Crippen molar-refractivity contribution in [3.8, 4) is 0 Å². The molecule has 428 valence electrons. The predicted molar refractivity (Wildman–Crippen MR) is 274 cm³/mol. The number of aliphatic hydroxyl groups excluding tert-OH is 5. The van der Waals surface area contributed by atoms with Crippen LogP contribution in [0.3, 0.4) is 0 Å². The molecule has 1 saturated heterocycles. The summed E-state index contributed by atoms with van der Waals surface area (Å²) in [5.74, 6) is -12.3. The Morgan fingerprint density at radius 1 is 0.632 bits per heavy atom. The Morgan fingerprint density at radius 2 is 1.17 bits per heavy atom. The zero-order chi connectivity index (χ0) is 58.0. The van der Waals surface area contributed by atoms with E-state index in [0.29, 0.717) is 12.0 Å². The predicted octanol–water partition coefficient (Wildman–Crippen LogP) is -3.31. The van der Waals surface area contributed by atoms with Crippen molar-refractivity contribution >= 4 is 59.1 Å². The highest BCUT2D eigenvalue weighted by atomic mass is 16.6. The molecule has 1 aromatic rings. The second-order valence-electron chi connectivity index (χ2n) is 20.6. The number of aliphatic hydroxyl groups is 5. The molecule has 25 heteroatoms. The normalized spacial score (nSPS) is 27.2. The lowest BCUT2D eigenvalue weighted by Gasteiger charge is -2.36. The highest BCUT2D eigenvalue weighted by molar-refractivity contribution is 5.98. The number of likely N-dealkylation sites (N-methyl/N-ethyl adjacent to an activating group) is 3. The summed E-state index contributed by atoms with van der Waals surface area (Å²) in [6.45, 7) is 12.6. The molecule has 1 heterocycles. The first kappa shape index (κ1) is 65.8. The van der Waals surface area contributed by atoms with E-state index in [1.807, 2.05) is 0 Å². The SMILES string of the molecule is CC[C@H](C)[C@@H]1NC(=O)CNC(=O)[C@H](Cc2ccccc2)N(C)C(=O)[C@H](C(C)C)NC(=O)[C@H]([C@@H](C)O)N(C)C(=O)[C@H](CC(C)C)NC(=O)[C@@H]([C@@H](O)[C@H](O)CO)OC(=O)[C@H](C)N(C)C(=O)[C@H](C(C)C)NC(=O)[C@H](CO)NC1=O. The van der Waals surface area contributed by atoms with Crippen LogP contribution < -0.4 is 31.9 Å². The summed E-state index contributed by atoms with van der Waals surface area (Å²) in [5, 5.41) is 67.7. The van der Waals surface area contributed by atoms with Gasteiger partial charge in [0, 0.05) is 27.6 Å². The van der Waals surface area contributed by atoms with E-state index in [2.05, 4.69) is 31.9 Å². The smallest absolute Gasteiger partial charge is 0.329 e. The fourth-order valence-corrected chi connectivity index (χ4v) is 8.23. The number of esters is 1. The number of rotatable bonds is 13. The fraction of sp³-hybridized carbons (Fsp3) is 0.686. The van der Waals surface area contributed by atoms with E-state index in [0.717, 1.165) is 28.8 Å². The molecule has 9 amide bonds. The quantitative estimate of drug-likeness (QED) is 0.0862. The van der Waals surface area contributed by atoms with Crippen LogP contribution in [-0.4, -0.2) is 213 Å². The second-order valence-corrected chi connectivity index (χ2v) is 20.6. The Bertz CT molecular complexity index is 2160. The molecule has 2 rings (SSSR count). The summed E-state index contributed by atoms with van der Waals surface area (Å²) < 4.78 is 5.42. The summed E-state index contributed by atoms with van der Waals surface area (Å²) in [6.07, 6.45) is -8.31. The van der Waals surface area contributed by atoms with Crippen LogP contribution in [0.25, 0.3) is 0 Å². The van der Waals surface area contributed by atoms with Gasteiger partial charge in [-0.15, -0.1) is 0 Å². The van der Waals surface area contributed by atoms with Crippen LogP contribution in [0, 0.1) is 23.7 Å². The molecular weight excluding hydrogens is 995 g/mol. The van der Waals surface area contributed by atoms with Crippen molar-refractivity contribution in [3.05, 3.63) is 35.9 Å². The Hall–Kier alpha value is -6.28. The number of cyclic esters (lactones) is 1. The summed E-state index contributed by atoms with van der Waals surface area (Å²) in [6, 6.07) is -3.50. The number of amides is 9. The monoisotopic (exact) mass is 1080 g/mol. The van der Waals surface area contributed by atoms with Gasteiger partial charge in [0.1, 0.15) is 60.5 Å². The fourth-order valence-electron chi connectivity index (χ4n) is 8.23. The van der Waals surface area contributed by atoms with E-state index in [9.17, 15) is 73.5 Å². The number of nitrogens with zero attached hydrogens (tertiary/aromatic N) is 3. The molecule has 0 aromatic heterocycles. The lowest BCUT2D eigenvalue weighted by molar-refractivity contribution is -0.175. The minimum Gasteiger partial charge on any atom is -0.448 e. The van der Waals surface area contributed by atoms with Gasteiger partial charge in [0.05, 0.1) is 25.9 Å². The Labute approximate surface area is 444 Å². The maximum atomic E-state index is 14.5. The maximum absolute atomic E-state index is 14.5. The third kappa shape index (κ3) is 18.2. The molecule has 11 N–H and O–H groups in total. The molecule has 0 radical (unpaired) electrons. The van der Waals surface area contributed by atoms with Crippen molar-refractivity contribution in [2.24, 2.45) is 23.7 Å². The van der Waals surface area contributed by atoms with Crippen molar-refractivity contribution in [1.82, 2.24) is 46.6 Å². The molecule has 0 saturated carbocycles. The standard InChI is InChI=1S/C51H83N9O16/c1-14-28(8)39-45(69)54-33(23-61)43(67)56-37(26(4)5)49(73)58(11)29(9)51(75)76-42(41(66)35(64)24-62)47(71)53-32(20-25(2)3)48(72)60(13)40(30(10)63)46(70)57-38(27(6)7)50(74)59(12)34(21-31-18-16-15-17-19-31)44(68)52-22-36(65)55-39/h15-19,25-30,32-35,37-42,61-64,66H,14,20-24H2,1-13H3,(H,52,68)(H,53,71)(H,54,69)(H,55,65)(H,56,67)(H,57,70)/t28-,29-,30+,32-,33-,34-,35+,37-,38-,39-,40-,41-,42+/m0/s1. The van der Waals surface area contributed by atoms with Crippen molar-refractivity contribution in [2.75, 3.05) is 40.9 Å². The van der Waals surface area contributed by atoms with Crippen LogP contribution in [0.5, 0.6) is 0 Å². The zero-order valence-electron chi connectivity index (χ0n) is 45.9. The van der Waals surface area contributed by atoms with Gasteiger partial charge in [-0.25, -0.2) is 4.79 Å². The highest BCUT2D eigenvalue weighted by Crippen LogP contribution is 2.19. The molecule has 0 aliphatic carbocycles. The number of nitrogens with one attached hydrogen (secondary N) is 6. The van der Waals surface area contributed by atoms with Crippen LogP contribution in [0.2, 0.25) is 0 Å². The number of hydrogen-bond acceptors (Lipinski definition) is 16. The Balaban J connectivity index is 2.86. The van der Waals surface area contributed by atoms with Crippen LogP contribution in [0.15, 0.2) is 30.3 Å². The van der Waals surface area contributed by atoms with E-state index in [-0.39, 0.29) is 18.8 Å². The van der Waals surface area contributed by atoms with E-state index in [4.69, 9.17) is 4.74 Å². The molecule has 1 aliphatic heterocycles. The lowest BCUT2D eigenvalue weighted by atomic mass is 9.97. The van der Waals surface area contributed by atoms with Crippen molar-refractivity contribution in [2.45, 2.75) is 161 Å². The highest BCUT2D eigenvalue weighted by Gasteiger charge is 2.43. The van der Waals surface area contributed by atoms with Gasteiger partial charge in [0.25, 0.3) is 5.91 Å². The number of ether oxygens (including phenoxy) is 1. The first-order valence-electron chi connectivity index (χ1n) is 25.5. The third-order valence-corrected chi connectivity index (χ3v) is 13.4. The number of carbonyl (C=O) groups excluding carboxylic acids is 10. The van der Waals surface area contributed by atoms with Gasteiger partial charge in [-0.05, 0) is 49.5 Å². The molecule has 1 aliphatic rings. The molecule has 0 bridgehead atoms. The van der Waals surface area contributed by atoms with E-state index in [1.165, 1.54) is 20.9 Å². The average Bonchev–Trinajstić information content (AvgIpc) is 3.37. The van der Waals surface area contributed by atoms with E-state index in [1.54, 1.807) is 85.7 Å². The Kier molecular flexibility index (Phi) is 26.4. The van der Waals surface area contributed by atoms with Gasteiger partial charge in [-0.3, -0.25) is 43.2 Å². The summed E-state index contributed by atoms with van der Waals surface area (Å²) in [5.41, 5.74) is 0.608. The minimum absolute atomic E-state index is 0.0804. The van der Waals surface area contributed by atoms with E-state index >= 15 is 0 Å². The second kappa shape index (κ2) is 30.5. The molecule has 25 nitrogen and oxygen atoms in total. The number of hydrogen-bond donors (Lipinski definition) is 11. The summed E-state index contributed by atoms with van der Waals surface area (Å²) in [7, 11) is 3.63. The molecule has 0 unspecified atom stereocenters. The third-order valence-electron chi connectivity index (χ3n) is 13.4. The number of carbonyl (C=O) groups is 10. The van der Waals surface area contributed by atoms with Gasteiger partial charge < -0.3 is 76.9 Å². The van der Waals surface area contributed by atoms with Crippen LogP contribution in [0.4, 0.5) is 0 Å². The summed E-state index contributed by atoms with van der Waals surface area (Å²) >= 11 is 0. The topological polar surface area (TPSA) is 363 Å². The van der Waals surface area contributed by atoms with Gasteiger partial charge in [0.15, 0.2) is 0 Å². The minimum atomic E-state index is -2.36. The van der Waals surface area contributed by atoms with Crippen LogP contribution >= 0.6 is 0 Å². The first-order valence-corrected chi connectivity index (χ1v) is 25.5. The van der Waals surface area contributed by atoms with Gasteiger partial charge >= 0.3 is 5.97 Å². The molecular formula is C51H83N9O16. The maximum Gasteiger partial charge on any atom is 0.329 e.